The number of rotatable bonds is 5. The Hall–Kier alpha value is -1.41. The van der Waals surface area contributed by atoms with E-state index in [0.717, 1.165) is 13.0 Å². The number of sulfonamides is 1. The van der Waals surface area contributed by atoms with Crippen LogP contribution < -0.4 is 0 Å². The third kappa shape index (κ3) is 3.26. The van der Waals surface area contributed by atoms with Crippen LogP contribution in [0.15, 0.2) is 11.2 Å². The van der Waals surface area contributed by atoms with Gasteiger partial charge in [-0.2, -0.15) is 4.31 Å². The lowest BCUT2D eigenvalue weighted by Gasteiger charge is -2.28. The number of piperidine rings is 1. The first-order valence-electron chi connectivity index (χ1n) is 7.13. The molecule has 0 saturated carbocycles. The number of carboxylic acid groups (broad SMARTS) is 1. The van der Waals surface area contributed by atoms with Crippen molar-refractivity contribution in [1.29, 1.82) is 0 Å². The summed E-state index contributed by atoms with van der Waals surface area (Å²) < 4.78 is 28.2. The smallest absolute Gasteiger partial charge is 0.306 e. The average Bonchev–Trinajstić information content (AvgIpc) is 2.81. The molecule has 118 valence electrons. The molecule has 1 aliphatic rings. The summed E-state index contributed by atoms with van der Waals surface area (Å²) in [5.74, 6) is -0.623. The quantitative estimate of drug-likeness (QED) is 0.878. The van der Waals surface area contributed by atoms with Crippen molar-refractivity contribution in [3.8, 4) is 0 Å². The van der Waals surface area contributed by atoms with E-state index >= 15 is 0 Å². The van der Waals surface area contributed by atoms with Crippen molar-refractivity contribution in [3.63, 3.8) is 0 Å². The van der Waals surface area contributed by atoms with Gasteiger partial charge < -0.3 is 9.67 Å². The second-order valence-electron chi connectivity index (χ2n) is 5.34. The summed E-state index contributed by atoms with van der Waals surface area (Å²) in [6.45, 7) is 5.00. The Kier molecular flexibility index (Phi) is 4.67. The van der Waals surface area contributed by atoms with Crippen LogP contribution in [0, 0.1) is 12.8 Å². The van der Waals surface area contributed by atoms with Crippen molar-refractivity contribution in [2.45, 2.75) is 44.7 Å². The molecule has 1 aliphatic heterocycles. The van der Waals surface area contributed by atoms with Gasteiger partial charge >= 0.3 is 5.97 Å². The van der Waals surface area contributed by atoms with E-state index < -0.39 is 21.9 Å². The summed E-state index contributed by atoms with van der Waals surface area (Å²) in [6, 6.07) is 0. The molecule has 21 heavy (non-hydrogen) atoms. The van der Waals surface area contributed by atoms with Crippen LogP contribution in [0.25, 0.3) is 0 Å². The number of aromatic nitrogens is 2. The zero-order valence-electron chi connectivity index (χ0n) is 12.3. The molecule has 2 rings (SSSR count). The highest BCUT2D eigenvalue weighted by atomic mass is 32.2. The number of hydrogen-bond acceptors (Lipinski definition) is 4. The molecule has 8 heteroatoms. The second-order valence-corrected chi connectivity index (χ2v) is 7.22. The maximum absolute atomic E-state index is 12.5. The first-order chi connectivity index (χ1) is 9.86. The predicted molar refractivity (Wildman–Crippen MR) is 76.4 cm³/mol. The Morgan fingerprint density at radius 2 is 2.05 bits per heavy atom. The Morgan fingerprint density at radius 1 is 1.43 bits per heavy atom. The molecule has 7 nitrogen and oxygen atoms in total. The van der Waals surface area contributed by atoms with Gasteiger partial charge in [0.2, 0.25) is 0 Å². The molecule has 1 aromatic rings. The van der Waals surface area contributed by atoms with Gasteiger partial charge in [-0.25, -0.2) is 13.4 Å². The molecular weight excluding hydrogens is 294 g/mol. The fourth-order valence-electron chi connectivity index (χ4n) is 2.55. The van der Waals surface area contributed by atoms with Gasteiger partial charge in [-0.1, -0.05) is 6.92 Å². The number of hydrogen-bond donors (Lipinski definition) is 1. The number of aryl methyl sites for hydroxylation is 2. The van der Waals surface area contributed by atoms with Gasteiger partial charge in [0, 0.05) is 25.8 Å². The van der Waals surface area contributed by atoms with Gasteiger partial charge in [-0.15, -0.1) is 0 Å². The molecule has 0 bridgehead atoms. The molecule has 0 unspecified atom stereocenters. The van der Waals surface area contributed by atoms with Crippen LogP contribution in [0.3, 0.4) is 0 Å². The Balaban J connectivity index is 2.15. The van der Waals surface area contributed by atoms with Gasteiger partial charge in [0.15, 0.2) is 5.03 Å². The van der Waals surface area contributed by atoms with Gasteiger partial charge in [0.25, 0.3) is 10.0 Å². The molecule has 2 heterocycles. The minimum atomic E-state index is -3.62. The molecule has 1 N–H and O–H groups in total. The number of imidazole rings is 1. The molecule has 0 spiro atoms. The van der Waals surface area contributed by atoms with E-state index in [1.165, 1.54) is 4.31 Å². The van der Waals surface area contributed by atoms with Crippen molar-refractivity contribution in [2.24, 2.45) is 5.92 Å². The second kappa shape index (κ2) is 6.15. The third-order valence-corrected chi connectivity index (χ3v) is 5.60. The standard InChI is InChI=1S/C13H21N3O4S/c1-3-6-15-9-12(14-10(15)2)21(19,20)16-7-4-11(5-8-16)13(17)18/h9,11H,3-8H2,1-2H3,(H,17,18). The topological polar surface area (TPSA) is 92.5 Å². The summed E-state index contributed by atoms with van der Waals surface area (Å²) in [6.07, 6.45) is 3.17. The van der Waals surface area contributed by atoms with E-state index in [4.69, 9.17) is 5.11 Å². The SMILES string of the molecule is CCCn1cc(S(=O)(=O)N2CCC(C(=O)O)CC2)nc1C. The van der Waals surface area contributed by atoms with Gasteiger partial charge in [0.05, 0.1) is 5.92 Å². The van der Waals surface area contributed by atoms with Crippen molar-refractivity contribution in [3.05, 3.63) is 12.0 Å². The van der Waals surface area contributed by atoms with Gasteiger partial charge in [-0.3, -0.25) is 4.79 Å². The highest BCUT2D eigenvalue weighted by molar-refractivity contribution is 7.89. The van der Waals surface area contributed by atoms with Crippen LogP contribution in [0.5, 0.6) is 0 Å². The van der Waals surface area contributed by atoms with E-state index in [1.807, 2.05) is 11.5 Å². The lowest BCUT2D eigenvalue weighted by Crippen LogP contribution is -2.40. The minimum Gasteiger partial charge on any atom is -0.481 e. The molecular formula is C13H21N3O4S. The summed E-state index contributed by atoms with van der Waals surface area (Å²) in [4.78, 5) is 15.1. The van der Waals surface area contributed by atoms with Crippen molar-refractivity contribution in [1.82, 2.24) is 13.9 Å². The fraction of sp³-hybridized carbons (Fsp3) is 0.692. The molecule has 0 radical (unpaired) electrons. The largest absolute Gasteiger partial charge is 0.481 e. The molecule has 1 fully saturated rings. The van der Waals surface area contributed by atoms with Crippen LogP contribution in [0.4, 0.5) is 0 Å². The number of aliphatic carboxylic acids is 1. The Morgan fingerprint density at radius 3 is 2.57 bits per heavy atom. The third-order valence-electron chi connectivity index (χ3n) is 3.83. The van der Waals surface area contributed by atoms with E-state index in [0.29, 0.717) is 18.7 Å². The molecule has 0 aromatic carbocycles. The zero-order valence-corrected chi connectivity index (χ0v) is 13.1. The molecule has 1 saturated heterocycles. The number of carbonyl (C=O) groups is 1. The normalized spacial score (nSPS) is 18.0. The highest BCUT2D eigenvalue weighted by Crippen LogP contribution is 2.23. The first-order valence-corrected chi connectivity index (χ1v) is 8.57. The number of nitrogens with zero attached hydrogens (tertiary/aromatic N) is 3. The van der Waals surface area contributed by atoms with Crippen molar-refractivity contribution >= 4 is 16.0 Å². The lowest BCUT2D eigenvalue weighted by atomic mass is 9.99. The molecule has 0 amide bonds. The maximum Gasteiger partial charge on any atom is 0.306 e. The number of carboxylic acids is 1. The van der Waals surface area contributed by atoms with E-state index in [-0.39, 0.29) is 18.1 Å². The van der Waals surface area contributed by atoms with Crippen molar-refractivity contribution < 1.29 is 18.3 Å². The van der Waals surface area contributed by atoms with E-state index in [2.05, 4.69) is 4.98 Å². The monoisotopic (exact) mass is 315 g/mol. The van der Waals surface area contributed by atoms with E-state index in [1.54, 1.807) is 13.1 Å². The van der Waals surface area contributed by atoms with Crippen LogP contribution in [-0.4, -0.2) is 46.4 Å². The molecule has 0 atom stereocenters. The minimum absolute atomic E-state index is 0.0576. The Bertz CT molecular complexity index is 615. The first kappa shape index (κ1) is 16.0. The predicted octanol–water partition coefficient (Wildman–Crippen LogP) is 1.09. The highest BCUT2D eigenvalue weighted by Gasteiger charge is 2.33. The Labute approximate surface area is 124 Å². The molecule has 0 aliphatic carbocycles. The summed E-state index contributed by atoms with van der Waals surface area (Å²) >= 11 is 0. The lowest BCUT2D eigenvalue weighted by molar-refractivity contribution is -0.142. The summed E-state index contributed by atoms with van der Waals surface area (Å²) in [5.41, 5.74) is 0. The van der Waals surface area contributed by atoms with Crippen LogP contribution in [0.1, 0.15) is 32.0 Å². The van der Waals surface area contributed by atoms with Crippen LogP contribution in [-0.2, 0) is 21.4 Å². The fourth-order valence-corrected chi connectivity index (χ4v) is 4.01. The molecule has 1 aromatic heterocycles. The average molecular weight is 315 g/mol. The van der Waals surface area contributed by atoms with E-state index in [9.17, 15) is 13.2 Å². The van der Waals surface area contributed by atoms with Gasteiger partial charge in [-0.05, 0) is 26.2 Å². The van der Waals surface area contributed by atoms with Crippen LogP contribution >= 0.6 is 0 Å². The van der Waals surface area contributed by atoms with Gasteiger partial charge in [0.1, 0.15) is 5.82 Å². The van der Waals surface area contributed by atoms with Crippen LogP contribution in [0.2, 0.25) is 0 Å². The zero-order chi connectivity index (χ0) is 15.6. The summed E-state index contributed by atoms with van der Waals surface area (Å²) in [5, 5.41) is 9.02. The van der Waals surface area contributed by atoms with Crippen molar-refractivity contribution in [2.75, 3.05) is 13.1 Å². The maximum atomic E-state index is 12.5. The summed E-state index contributed by atoms with van der Waals surface area (Å²) in [7, 11) is -3.62.